The third kappa shape index (κ3) is 4.03. The molecule has 0 N–H and O–H groups in total. The van der Waals surface area contributed by atoms with Crippen LogP contribution in [-0.2, 0) is 6.54 Å². The van der Waals surface area contributed by atoms with Crippen LogP contribution in [-0.4, -0.2) is 57.5 Å². The monoisotopic (exact) mass is 394 g/mol. The van der Waals surface area contributed by atoms with Gasteiger partial charge in [0.1, 0.15) is 5.82 Å². The van der Waals surface area contributed by atoms with Crippen molar-refractivity contribution in [3.8, 4) is 0 Å². The first-order valence-electron chi connectivity index (χ1n) is 10.1. The maximum absolute atomic E-state index is 13.3. The fraction of sp³-hybridized carbons (Fsp3) is 0.391. The topological polar surface area (TPSA) is 41.4 Å². The van der Waals surface area contributed by atoms with E-state index in [1.807, 2.05) is 40.8 Å². The Morgan fingerprint density at radius 3 is 2.69 bits per heavy atom. The van der Waals surface area contributed by atoms with Crippen LogP contribution in [0.15, 0.2) is 48.8 Å². The lowest BCUT2D eigenvalue weighted by Gasteiger charge is -2.26. The number of rotatable bonds is 5. The van der Waals surface area contributed by atoms with Gasteiger partial charge in [0.05, 0.1) is 17.4 Å². The Morgan fingerprint density at radius 2 is 2.00 bits per heavy atom. The standard InChI is InChI=1S/C23H27FN4O/c1-16(2)27-11-10-20(14-27)26(3)23(29)18-6-4-17(5-7-18)13-28-15-25-21-12-19(24)8-9-22(21)28/h4-9,12,15-16,20H,10-11,13-14H2,1-3H3/t20-/m1/s1. The summed E-state index contributed by atoms with van der Waals surface area (Å²) in [4.78, 5) is 21.5. The Labute approximate surface area is 170 Å². The summed E-state index contributed by atoms with van der Waals surface area (Å²) in [5.74, 6) is -0.218. The Morgan fingerprint density at radius 1 is 1.24 bits per heavy atom. The quantitative estimate of drug-likeness (QED) is 0.661. The molecule has 2 heterocycles. The van der Waals surface area contributed by atoms with Gasteiger partial charge in [-0.15, -0.1) is 0 Å². The van der Waals surface area contributed by atoms with Crippen molar-refractivity contribution in [2.24, 2.45) is 0 Å². The zero-order valence-corrected chi connectivity index (χ0v) is 17.2. The number of aromatic nitrogens is 2. The second kappa shape index (κ2) is 7.95. The highest BCUT2D eigenvalue weighted by Gasteiger charge is 2.29. The van der Waals surface area contributed by atoms with E-state index in [0.29, 0.717) is 23.7 Å². The minimum atomic E-state index is -0.284. The normalized spacial score (nSPS) is 17.3. The van der Waals surface area contributed by atoms with Crippen LogP contribution in [0.5, 0.6) is 0 Å². The Balaban J connectivity index is 1.44. The van der Waals surface area contributed by atoms with Crippen molar-refractivity contribution in [3.05, 3.63) is 65.7 Å². The molecule has 3 aromatic rings. The maximum atomic E-state index is 13.3. The number of likely N-dealkylation sites (tertiary alicyclic amines) is 1. The van der Waals surface area contributed by atoms with Crippen LogP contribution in [0.1, 0.15) is 36.2 Å². The molecule has 0 radical (unpaired) electrons. The van der Waals surface area contributed by atoms with Gasteiger partial charge in [0, 0.05) is 50.4 Å². The number of fused-ring (bicyclic) bond motifs is 1. The van der Waals surface area contributed by atoms with Crippen molar-refractivity contribution in [3.63, 3.8) is 0 Å². The van der Waals surface area contributed by atoms with E-state index in [2.05, 4.69) is 23.7 Å². The van der Waals surface area contributed by atoms with Gasteiger partial charge < -0.3 is 9.47 Å². The van der Waals surface area contributed by atoms with Gasteiger partial charge in [0.25, 0.3) is 5.91 Å². The molecule has 0 spiro atoms. The molecule has 1 fully saturated rings. The van der Waals surface area contributed by atoms with Gasteiger partial charge in [0.15, 0.2) is 0 Å². The Bertz CT molecular complexity index is 1010. The van der Waals surface area contributed by atoms with E-state index < -0.39 is 0 Å². The molecular weight excluding hydrogens is 367 g/mol. The summed E-state index contributed by atoms with van der Waals surface area (Å²) in [6.45, 7) is 7.00. The van der Waals surface area contributed by atoms with E-state index in [1.54, 1.807) is 12.4 Å². The summed E-state index contributed by atoms with van der Waals surface area (Å²) < 4.78 is 15.3. The molecule has 2 aromatic carbocycles. The number of hydrogen-bond acceptors (Lipinski definition) is 3. The number of carbonyl (C=O) groups excluding carboxylic acids is 1. The summed E-state index contributed by atoms with van der Waals surface area (Å²) in [6.07, 6.45) is 2.74. The average Bonchev–Trinajstić information content (AvgIpc) is 3.35. The summed E-state index contributed by atoms with van der Waals surface area (Å²) in [5, 5.41) is 0. The van der Waals surface area contributed by atoms with E-state index >= 15 is 0 Å². The lowest BCUT2D eigenvalue weighted by atomic mass is 10.1. The van der Waals surface area contributed by atoms with Gasteiger partial charge in [-0.3, -0.25) is 9.69 Å². The predicted octanol–water partition coefficient (Wildman–Crippen LogP) is 3.78. The minimum Gasteiger partial charge on any atom is -0.337 e. The van der Waals surface area contributed by atoms with Gasteiger partial charge in [-0.25, -0.2) is 9.37 Å². The zero-order chi connectivity index (χ0) is 20.5. The molecular formula is C23H27FN4O. The van der Waals surface area contributed by atoms with E-state index in [1.165, 1.54) is 12.1 Å². The van der Waals surface area contributed by atoms with Crippen molar-refractivity contribution in [2.45, 2.75) is 38.9 Å². The van der Waals surface area contributed by atoms with Crippen molar-refractivity contribution in [1.29, 1.82) is 0 Å². The molecule has 5 nitrogen and oxygen atoms in total. The number of carbonyl (C=O) groups is 1. The first-order valence-corrected chi connectivity index (χ1v) is 10.1. The third-order valence-corrected chi connectivity index (χ3v) is 5.93. The molecule has 1 amide bonds. The van der Waals surface area contributed by atoms with Gasteiger partial charge >= 0.3 is 0 Å². The van der Waals surface area contributed by atoms with Crippen molar-refractivity contribution >= 4 is 16.9 Å². The van der Waals surface area contributed by atoms with E-state index in [9.17, 15) is 9.18 Å². The molecule has 1 aliphatic rings. The highest BCUT2D eigenvalue weighted by Crippen LogP contribution is 2.20. The van der Waals surface area contributed by atoms with Crippen molar-refractivity contribution in [2.75, 3.05) is 20.1 Å². The summed E-state index contributed by atoms with van der Waals surface area (Å²) in [6, 6.07) is 13.1. The van der Waals surface area contributed by atoms with Gasteiger partial charge in [-0.1, -0.05) is 12.1 Å². The van der Waals surface area contributed by atoms with Crippen LogP contribution < -0.4 is 0 Å². The summed E-state index contributed by atoms with van der Waals surface area (Å²) in [5.41, 5.74) is 3.31. The molecule has 6 heteroatoms. The highest BCUT2D eigenvalue weighted by molar-refractivity contribution is 5.94. The molecule has 1 aliphatic heterocycles. The first kappa shape index (κ1) is 19.6. The Kier molecular flexibility index (Phi) is 5.37. The number of nitrogens with zero attached hydrogens (tertiary/aromatic N) is 4. The number of amides is 1. The lowest BCUT2D eigenvalue weighted by molar-refractivity contribution is 0.0732. The highest BCUT2D eigenvalue weighted by atomic mass is 19.1. The molecule has 1 atom stereocenters. The molecule has 0 saturated carbocycles. The number of likely N-dealkylation sites (N-methyl/N-ethyl adjacent to an activating group) is 1. The number of halogens is 1. The van der Waals surface area contributed by atoms with E-state index in [-0.39, 0.29) is 17.8 Å². The fourth-order valence-corrected chi connectivity index (χ4v) is 4.04. The minimum absolute atomic E-state index is 0.0655. The Hall–Kier alpha value is -2.73. The van der Waals surface area contributed by atoms with E-state index in [4.69, 9.17) is 0 Å². The number of imidazole rings is 1. The fourth-order valence-electron chi connectivity index (χ4n) is 4.04. The largest absolute Gasteiger partial charge is 0.337 e. The molecule has 1 saturated heterocycles. The van der Waals surface area contributed by atoms with Crippen LogP contribution in [0.25, 0.3) is 11.0 Å². The molecule has 29 heavy (non-hydrogen) atoms. The van der Waals surface area contributed by atoms with Crippen molar-refractivity contribution < 1.29 is 9.18 Å². The number of benzene rings is 2. The van der Waals surface area contributed by atoms with Crippen LogP contribution >= 0.6 is 0 Å². The van der Waals surface area contributed by atoms with Gasteiger partial charge in [-0.05, 0) is 50.1 Å². The molecule has 152 valence electrons. The summed E-state index contributed by atoms with van der Waals surface area (Å²) >= 11 is 0. The zero-order valence-electron chi connectivity index (χ0n) is 17.2. The second-order valence-electron chi connectivity index (χ2n) is 8.15. The van der Waals surface area contributed by atoms with Gasteiger partial charge in [-0.2, -0.15) is 0 Å². The van der Waals surface area contributed by atoms with Crippen LogP contribution in [0, 0.1) is 5.82 Å². The van der Waals surface area contributed by atoms with E-state index in [0.717, 1.165) is 30.6 Å². The predicted molar refractivity (Wildman–Crippen MR) is 112 cm³/mol. The molecule has 0 unspecified atom stereocenters. The van der Waals surface area contributed by atoms with Crippen molar-refractivity contribution in [1.82, 2.24) is 19.4 Å². The number of hydrogen-bond donors (Lipinski definition) is 0. The lowest BCUT2D eigenvalue weighted by Crippen LogP contribution is -2.40. The molecule has 4 rings (SSSR count). The smallest absolute Gasteiger partial charge is 0.253 e. The second-order valence-corrected chi connectivity index (χ2v) is 8.15. The SMILES string of the molecule is CC(C)N1CC[C@@H](N(C)C(=O)c2ccc(Cn3cnc4cc(F)ccc43)cc2)C1. The van der Waals surface area contributed by atoms with Gasteiger partial charge in [0.2, 0.25) is 0 Å². The third-order valence-electron chi connectivity index (χ3n) is 5.93. The molecule has 0 aliphatic carbocycles. The summed E-state index contributed by atoms with van der Waals surface area (Å²) in [7, 11) is 1.90. The maximum Gasteiger partial charge on any atom is 0.253 e. The average molecular weight is 394 g/mol. The first-order chi connectivity index (χ1) is 13.9. The van der Waals surface area contributed by atoms with Crippen LogP contribution in [0.3, 0.4) is 0 Å². The molecule has 0 bridgehead atoms. The van der Waals surface area contributed by atoms with Crippen LogP contribution in [0.4, 0.5) is 4.39 Å². The van der Waals surface area contributed by atoms with Crippen LogP contribution in [0.2, 0.25) is 0 Å². The molecule has 1 aromatic heterocycles.